The molecule has 0 spiro atoms. The Hall–Kier alpha value is -3.52. The maximum absolute atomic E-state index is 11.4. The van der Waals surface area contributed by atoms with Gasteiger partial charge in [0.1, 0.15) is 5.52 Å². The van der Waals surface area contributed by atoms with E-state index >= 15 is 0 Å². The Morgan fingerprint density at radius 1 is 1.30 bits per heavy atom. The number of rotatable bonds is 7. The number of carbonyl (C=O) groups is 1. The van der Waals surface area contributed by atoms with Crippen molar-refractivity contribution < 1.29 is 14.6 Å². The molecule has 8 heteroatoms. The summed E-state index contributed by atoms with van der Waals surface area (Å²) in [5, 5.41) is 17.4. The molecule has 1 atom stereocenters. The van der Waals surface area contributed by atoms with Crippen molar-refractivity contribution >= 4 is 39.5 Å². The van der Waals surface area contributed by atoms with Crippen LogP contribution in [0.2, 0.25) is 0 Å². The normalized spacial score (nSPS) is 15.9. The molecule has 0 amide bonds. The summed E-state index contributed by atoms with van der Waals surface area (Å²) in [6, 6.07) is 4.89. The highest BCUT2D eigenvalue weighted by Crippen LogP contribution is 2.30. The number of hydrogen-bond donors (Lipinski definition) is 3. The van der Waals surface area contributed by atoms with Crippen molar-refractivity contribution in [3.8, 4) is 0 Å². The third kappa shape index (κ3) is 4.08. The van der Waals surface area contributed by atoms with Gasteiger partial charge in [-0.3, -0.25) is 0 Å². The summed E-state index contributed by atoms with van der Waals surface area (Å²) >= 11 is 0. The van der Waals surface area contributed by atoms with Gasteiger partial charge in [-0.25, -0.2) is 19.7 Å². The molecule has 1 aliphatic carbocycles. The number of aromatic nitrogens is 3. The third-order valence-corrected chi connectivity index (χ3v) is 4.90. The first kappa shape index (κ1) is 19.8. The van der Waals surface area contributed by atoms with Crippen LogP contribution in [0.25, 0.3) is 21.8 Å². The number of nitrogens with one attached hydrogen (secondary N) is 2. The lowest BCUT2D eigenvalue weighted by Crippen LogP contribution is -2.11. The van der Waals surface area contributed by atoms with Gasteiger partial charge in [0.05, 0.1) is 17.7 Å². The quantitative estimate of drug-likeness (QED) is 0.402. The minimum absolute atomic E-state index is 0.185. The lowest BCUT2D eigenvalue weighted by molar-refractivity contribution is 0.0697. The molecule has 0 fully saturated rings. The van der Waals surface area contributed by atoms with Gasteiger partial charge in [-0.2, -0.15) is 0 Å². The molecule has 1 unspecified atom stereocenters. The largest absolute Gasteiger partial charge is 0.478 e. The molecule has 2 heterocycles. The number of methoxy groups -OCH3 is 1. The van der Waals surface area contributed by atoms with Gasteiger partial charge in [-0.05, 0) is 30.5 Å². The van der Waals surface area contributed by atoms with Crippen molar-refractivity contribution in [2.24, 2.45) is 5.92 Å². The van der Waals surface area contributed by atoms with Gasteiger partial charge >= 0.3 is 5.97 Å². The highest BCUT2D eigenvalue weighted by atomic mass is 16.5. The van der Waals surface area contributed by atoms with E-state index in [0.717, 1.165) is 22.9 Å². The Balaban J connectivity index is 1.85. The van der Waals surface area contributed by atoms with E-state index < -0.39 is 5.97 Å². The Bertz CT molecular complexity index is 1170. The highest BCUT2D eigenvalue weighted by Gasteiger charge is 2.15. The number of allylic oxidation sites excluding steroid dienone is 3. The van der Waals surface area contributed by atoms with Crippen molar-refractivity contribution in [2.45, 2.75) is 13.3 Å². The molecule has 0 saturated heterocycles. The SMILES string of the molecule is COCCNc1ncc2c(n1)c(NC1=CC(C)CC=C1)nc1cc(C(=O)O)ccc12. The van der Waals surface area contributed by atoms with Gasteiger partial charge in [-0.15, -0.1) is 0 Å². The minimum atomic E-state index is -0.992. The zero-order valence-corrected chi connectivity index (χ0v) is 16.8. The number of nitrogens with zero attached hydrogens (tertiary/aromatic N) is 3. The fraction of sp³-hybridized carbons (Fsp3) is 0.273. The van der Waals surface area contributed by atoms with E-state index in [2.05, 4.69) is 39.7 Å². The number of carboxylic acid groups (broad SMARTS) is 1. The average molecular weight is 405 g/mol. The van der Waals surface area contributed by atoms with Crippen LogP contribution >= 0.6 is 0 Å². The van der Waals surface area contributed by atoms with Crippen molar-refractivity contribution in [1.29, 1.82) is 0 Å². The van der Waals surface area contributed by atoms with Crippen LogP contribution in [0, 0.1) is 5.92 Å². The molecular weight excluding hydrogens is 382 g/mol. The van der Waals surface area contributed by atoms with E-state index in [1.807, 2.05) is 6.08 Å². The summed E-state index contributed by atoms with van der Waals surface area (Å²) in [5.74, 6) is 0.465. The number of hydrogen-bond acceptors (Lipinski definition) is 7. The van der Waals surface area contributed by atoms with E-state index in [1.54, 1.807) is 31.5 Å². The molecule has 3 aromatic rings. The summed E-state index contributed by atoms with van der Waals surface area (Å²) < 4.78 is 5.07. The molecule has 30 heavy (non-hydrogen) atoms. The van der Waals surface area contributed by atoms with Crippen molar-refractivity contribution in [3.63, 3.8) is 0 Å². The molecule has 154 valence electrons. The molecule has 0 radical (unpaired) electrons. The summed E-state index contributed by atoms with van der Waals surface area (Å²) in [6.07, 6.45) is 9.01. The molecule has 2 aromatic heterocycles. The van der Waals surface area contributed by atoms with Gasteiger partial charge in [0.15, 0.2) is 5.82 Å². The van der Waals surface area contributed by atoms with Gasteiger partial charge in [0.2, 0.25) is 5.95 Å². The number of aromatic carboxylic acids is 1. The van der Waals surface area contributed by atoms with E-state index in [0.29, 0.717) is 41.9 Å². The minimum Gasteiger partial charge on any atom is -0.478 e. The fourth-order valence-electron chi connectivity index (χ4n) is 3.41. The van der Waals surface area contributed by atoms with Gasteiger partial charge in [-0.1, -0.05) is 25.1 Å². The summed E-state index contributed by atoms with van der Waals surface area (Å²) in [4.78, 5) is 25.2. The highest BCUT2D eigenvalue weighted by molar-refractivity contribution is 6.09. The monoisotopic (exact) mass is 405 g/mol. The van der Waals surface area contributed by atoms with Crippen LogP contribution in [0.4, 0.5) is 11.8 Å². The lowest BCUT2D eigenvalue weighted by Gasteiger charge is -2.16. The van der Waals surface area contributed by atoms with E-state index in [-0.39, 0.29) is 5.56 Å². The summed E-state index contributed by atoms with van der Waals surface area (Å²) in [7, 11) is 1.64. The second-order valence-corrected chi connectivity index (χ2v) is 7.24. The van der Waals surface area contributed by atoms with Crippen LogP contribution in [0.15, 0.2) is 48.3 Å². The van der Waals surface area contributed by atoms with Crippen LogP contribution in [0.1, 0.15) is 23.7 Å². The number of fused-ring (bicyclic) bond motifs is 3. The molecule has 0 saturated carbocycles. The van der Waals surface area contributed by atoms with Crippen LogP contribution in [0.5, 0.6) is 0 Å². The zero-order chi connectivity index (χ0) is 21.1. The predicted molar refractivity (Wildman–Crippen MR) is 117 cm³/mol. The van der Waals surface area contributed by atoms with Crippen LogP contribution < -0.4 is 10.6 Å². The number of benzene rings is 1. The van der Waals surface area contributed by atoms with Crippen molar-refractivity contribution in [1.82, 2.24) is 15.0 Å². The molecule has 4 rings (SSSR count). The lowest BCUT2D eigenvalue weighted by atomic mass is 10.0. The average Bonchev–Trinajstić information content (AvgIpc) is 2.73. The maximum atomic E-state index is 11.4. The second kappa shape index (κ2) is 8.46. The molecule has 3 N–H and O–H groups in total. The first-order valence-electron chi connectivity index (χ1n) is 9.77. The van der Waals surface area contributed by atoms with Crippen LogP contribution in [0.3, 0.4) is 0 Å². The Morgan fingerprint density at radius 3 is 2.93 bits per heavy atom. The standard InChI is InChI=1S/C22H23N5O3/c1-13-4-3-5-15(10-13)25-20-19-17(12-24-22(27-19)23-8-9-30-2)16-7-6-14(21(28)29)11-18(16)26-20/h3,5-7,10-13H,4,8-9H2,1-2H3,(H,25,26)(H,28,29)(H,23,24,27). The first-order valence-corrected chi connectivity index (χ1v) is 9.77. The smallest absolute Gasteiger partial charge is 0.335 e. The third-order valence-electron chi connectivity index (χ3n) is 4.90. The van der Waals surface area contributed by atoms with Crippen LogP contribution in [-0.2, 0) is 4.74 Å². The van der Waals surface area contributed by atoms with Gasteiger partial charge in [0.25, 0.3) is 0 Å². The molecule has 8 nitrogen and oxygen atoms in total. The number of carboxylic acids is 1. The Morgan fingerprint density at radius 2 is 2.17 bits per heavy atom. The predicted octanol–water partition coefficient (Wildman–Crippen LogP) is 3.83. The molecule has 0 aliphatic heterocycles. The zero-order valence-electron chi connectivity index (χ0n) is 16.8. The summed E-state index contributed by atoms with van der Waals surface area (Å²) in [6.45, 7) is 3.27. The van der Waals surface area contributed by atoms with E-state index in [1.165, 1.54) is 0 Å². The number of pyridine rings is 1. The van der Waals surface area contributed by atoms with Gasteiger partial charge < -0.3 is 20.5 Å². The summed E-state index contributed by atoms with van der Waals surface area (Å²) in [5.41, 5.74) is 2.35. The second-order valence-electron chi connectivity index (χ2n) is 7.24. The fourth-order valence-corrected chi connectivity index (χ4v) is 3.41. The molecule has 1 aromatic carbocycles. The van der Waals surface area contributed by atoms with Crippen LogP contribution in [-0.4, -0.2) is 46.3 Å². The maximum Gasteiger partial charge on any atom is 0.335 e. The van der Waals surface area contributed by atoms with Crippen molar-refractivity contribution in [3.05, 3.63) is 53.9 Å². The Kier molecular flexibility index (Phi) is 5.58. The number of ether oxygens (including phenoxy) is 1. The van der Waals surface area contributed by atoms with Crippen molar-refractivity contribution in [2.75, 3.05) is 30.9 Å². The topological polar surface area (TPSA) is 109 Å². The molecule has 0 bridgehead atoms. The molecule has 1 aliphatic rings. The number of anilines is 2. The Labute approximate surface area is 173 Å². The van der Waals surface area contributed by atoms with Gasteiger partial charge in [0, 0.05) is 36.3 Å². The van der Waals surface area contributed by atoms with E-state index in [4.69, 9.17) is 9.72 Å². The van der Waals surface area contributed by atoms with E-state index in [9.17, 15) is 9.90 Å². The first-order chi connectivity index (χ1) is 14.5. The molecular formula is C22H23N5O3.